The SMILES string of the molecule is O=C(N[C@@H]1C=C[C@H](CO)C1)C1CC1c1ccc2ccccc2c1. The number of hydrogen-bond acceptors (Lipinski definition) is 2. The minimum Gasteiger partial charge on any atom is -0.396 e. The van der Waals surface area contributed by atoms with Gasteiger partial charge in [0.05, 0.1) is 0 Å². The number of amides is 1. The third-order valence-corrected chi connectivity index (χ3v) is 5.06. The summed E-state index contributed by atoms with van der Waals surface area (Å²) in [6.45, 7) is 0.159. The molecule has 0 radical (unpaired) electrons. The van der Waals surface area contributed by atoms with Crippen LogP contribution in [-0.2, 0) is 4.79 Å². The van der Waals surface area contributed by atoms with Crippen molar-refractivity contribution >= 4 is 16.7 Å². The Hall–Kier alpha value is -2.13. The fraction of sp³-hybridized carbons (Fsp3) is 0.350. The standard InChI is InChI=1S/C20H21NO2/c22-12-13-5-8-17(9-13)21-20(23)19-11-18(19)16-7-6-14-3-1-2-4-15(14)10-16/h1-8,10,13,17-19,22H,9,11-12H2,(H,21,23)/t13-,17+,18?,19?/m0/s1. The highest BCUT2D eigenvalue weighted by Crippen LogP contribution is 2.48. The van der Waals surface area contributed by atoms with Crippen molar-refractivity contribution in [3.63, 3.8) is 0 Å². The van der Waals surface area contributed by atoms with Gasteiger partial charge in [0.15, 0.2) is 0 Å². The molecule has 0 bridgehead atoms. The van der Waals surface area contributed by atoms with Gasteiger partial charge in [-0.1, -0.05) is 54.6 Å². The second kappa shape index (κ2) is 5.82. The first-order valence-corrected chi connectivity index (χ1v) is 8.33. The Morgan fingerprint density at radius 3 is 2.70 bits per heavy atom. The molecular formula is C20H21NO2. The molecule has 0 saturated heterocycles. The van der Waals surface area contributed by atoms with Crippen LogP contribution in [-0.4, -0.2) is 23.7 Å². The van der Waals surface area contributed by atoms with Crippen LogP contribution in [0.25, 0.3) is 10.8 Å². The van der Waals surface area contributed by atoms with E-state index in [1.54, 1.807) is 0 Å². The molecule has 2 aliphatic rings. The summed E-state index contributed by atoms with van der Waals surface area (Å²) in [6.07, 6.45) is 5.75. The fourth-order valence-electron chi connectivity index (χ4n) is 3.60. The first kappa shape index (κ1) is 14.5. The molecule has 3 heteroatoms. The quantitative estimate of drug-likeness (QED) is 0.853. The Morgan fingerprint density at radius 1 is 1.09 bits per heavy atom. The second-order valence-electron chi connectivity index (χ2n) is 6.73. The van der Waals surface area contributed by atoms with E-state index >= 15 is 0 Å². The number of carbonyl (C=O) groups is 1. The number of aliphatic hydroxyl groups is 1. The van der Waals surface area contributed by atoms with Gasteiger partial charge < -0.3 is 10.4 Å². The lowest BCUT2D eigenvalue weighted by Gasteiger charge is -2.12. The largest absolute Gasteiger partial charge is 0.396 e. The third-order valence-electron chi connectivity index (χ3n) is 5.06. The molecule has 1 saturated carbocycles. The van der Waals surface area contributed by atoms with Crippen molar-refractivity contribution in [1.82, 2.24) is 5.32 Å². The number of benzene rings is 2. The number of rotatable bonds is 4. The van der Waals surface area contributed by atoms with E-state index in [2.05, 4.69) is 35.6 Å². The zero-order chi connectivity index (χ0) is 15.8. The molecular weight excluding hydrogens is 286 g/mol. The van der Waals surface area contributed by atoms with Crippen LogP contribution in [0.5, 0.6) is 0 Å². The summed E-state index contributed by atoms with van der Waals surface area (Å²) in [5, 5.41) is 14.7. The first-order valence-electron chi connectivity index (χ1n) is 8.33. The summed E-state index contributed by atoms with van der Waals surface area (Å²) in [6, 6.07) is 14.9. The Morgan fingerprint density at radius 2 is 1.91 bits per heavy atom. The van der Waals surface area contributed by atoms with Gasteiger partial charge in [0.2, 0.25) is 5.91 Å². The molecule has 23 heavy (non-hydrogen) atoms. The topological polar surface area (TPSA) is 49.3 Å². The predicted molar refractivity (Wildman–Crippen MR) is 91.1 cm³/mol. The lowest BCUT2D eigenvalue weighted by molar-refractivity contribution is -0.122. The van der Waals surface area contributed by atoms with E-state index in [4.69, 9.17) is 5.11 Å². The molecule has 118 valence electrons. The molecule has 0 heterocycles. The average molecular weight is 307 g/mol. The maximum atomic E-state index is 12.4. The van der Waals surface area contributed by atoms with Crippen molar-refractivity contribution in [2.75, 3.05) is 6.61 Å². The smallest absolute Gasteiger partial charge is 0.224 e. The van der Waals surface area contributed by atoms with Gasteiger partial charge in [-0.05, 0) is 35.1 Å². The van der Waals surface area contributed by atoms with Gasteiger partial charge in [0.1, 0.15) is 0 Å². The maximum absolute atomic E-state index is 12.4. The Balaban J connectivity index is 1.40. The third kappa shape index (κ3) is 2.89. The van der Waals surface area contributed by atoms with E-state index in [0.717, 1.165) is 12.8 Å². The lowest BCUT2D eigenvalue weighted by atomic mass is 10.0. The van der Waals surface area contributed by atoms with Crippen molar-refractivity contribution < 1.29 is 9.90 Å². The van der Waals surface area contributed by atoms with E-state index < -0.39 is 0 Å². The summed E-state index contributed by atoms with van der Waals surface area (Å²) >= 11 is 0. The van der Waals surface area contributed by atoms with Crippen molar-refractivity contribution in [1.29, 1.82) is 0 Å². The van der Waals surface area contributed by atoms with E-state index in [9.17, 15) is 4.79 Å². The van der Waals surface area contributed by atoms with Crippen LogP contribution >= 0.6 is 0 Å². The molecule has 4 rings (SSSR count). The van der Waals surface area contributed by atoms with Gasteiger partial charge >= 0.3 is 0 Å². The zero-order valence-electron chi connectivity index (χ0n) is 13.0. The van der Waals surface area contributed by atoms with Gasteiger partial charge in [-0.25, -0.2) is 0 Å². The number of nitrogens with one attached hydrogen (secondary N) is 1. The van der Waals surface area contributed by atoms with E-state index in [0.29, 0.717) is 5.92 Å². The molecule has 4 atom stereocenters. The number of hydrogen-bond donors (Lipinski definition) is 2. The molecule has 1 amide bonds. The molecule has 0 aliphatic heterocycles. The molecule has 2 aromatic carbocycles. The van der Waals surface area contributed by atoms with Gasteiger partial charge in [0.25, 0.3) is 0 Å². The monoisotopic (exact) mass is 307 g/mol. The summed E-state index contributed by atoms with van der Waals surface area (Å²) < 4.78 is 0. The molecule has 2 aliphatic carbocycles. The van der Waals surface area contributed by atoms with Crippen molar-refractivity contribution in [2.24, 2.45) is 11.8 Å². The van der Waals surface area contributed by atoms with E-state index in [-0.39, 0.29) is 30.4 Å². The maximum Gasteiger partial charge on any atom is 0.224 e. The van der Waals surface area contributed by atoms with Gasteiger partial charge in [0, 0.05) is 24.5 Å². The summed E-state index contributed by atoms with van der Waals surface area (Å²) in [5.41, 5.74) is 1.26. The summed E-state index contributed by atoms with van der Waals surface area (Å²) in [7, 11) is 0. The average Bonchev–Trinajstić information content (AvgIpc) is 3.27. The first-order chi connectivity index (χ1) is 11.2. The number of aliphatic hydroxyl groups excluding tert-OH is 1. The normalized spacial score (nSPS) is 28.9. The van der Waals surface area contributed by atoms with Gasteiger partial charge in [-0.15, -0.1) is 0 Å². The van der Waals surface area contributed by atoms with Crippen molar-refractivity contribution in [3.05, 3.63) is 60.2 Å². The number of carbonyl (C=O) groups excluding carboxylic acids is 1. The Kier molecular flexibility index (Phi) is 3.66. The van der Waals surface area contributed by atoms with Crippen LogP contribution < -0.4 is 5.32 Å². The summed E-state index contributed by atoms with van der Waals surface area (Å²) in [4.78, 5) is 12.4. The highest BCUT2D eigenvalue weighted by molar-refractivity contribution is 5.86. The predicted octanol–water partition coefficient (Wildman–Crippen LogP) is 3.00. The molecule has 2 unspecified atom stereocenters. The molecule has 2 N–H and O–H groups in total. The Labute approximate surface area is 136 Å². The van der Waals surface area contributed by atoms with Crippen LogP contribution in [0.15, 0.2) is 54.6 Å². The highest BCUT2D eigenvalue weighted by Gasteiger charge is 2.44. The van der Waals surface area contributed by atoms with Crippen molar-refractivity contribution in [2.45, 2.75) is 24.8 Å². The minimum atomic E-state index is 0.0810. The van der Waals surface area contributed by atoms with Crippen LogP contribution in [0, 0.1) is 11.8 Å². The molecule has 3 nitrogen and oxygen atoms in total. The van der Waals surface area contributed by atoms with Crippen LogP contribution in [0.3, 0.4) is 0 Å². The zero-order valence-corrected chi connectivity index (χ0v) is 13.0. The molecule has 2 aromatic rings. The molecule has 0 spiro atoms. The van der Waals surface area contributed by atoms with E-state index in [1.165, 1.54) is 16.3 Å². The van der Waals surface area contributed by atoms with Crippen LogP contribution in [0.1, 0.15) is 24.3 Å². The van der Waals surface area contributed by atoms with Crippen LogP contribution in [0.2, 0.25) is 0 Å². The summed E-state index contributed by atoms with van der Waals surface area (Å²) in [5.74, 6) is 0.781. The van der Waals surface area contributed by atoms with Gasteiger partial charge in [-0.2, -0.15) is 0 Å². The fourth-order valence-corrected chi connectivity index (χ4v) is 3.60. The van der Waals surface area contributed by atoms with Gasteiger partial charge in [-0.3, -0.25) is 4.79 Å². The lowest BCUT2D eigenvalue weighted by Crippen LogP contribution is -2.34. The molecule has 0 aromatic heterocycles. The second-order valence-corrected chi connectivity index (χ2v) is 6.73. The number of fused-ring (bicyclic) bond motifs is 1. The van der Waals surface area contributed by atoms with Crippen molar-refractivity contribution in [3.8, 4) is 0 Å². The molecule has 1 fully saturated rings. The van der Waals surface area contributed by atoms with E-state index in [1.807, 2.05) is 24.3 Å². The van der Waals surface area contributed by atoms with Crippen LogP contribution in [0.4, 0.5) is 0 Å². The highest BCUT2D eigenvalue weighted by atomic mass is 16.3. The minimum absolute atomic E-state index is 0.0810. The Bertz CT molecular complexity index is 767.